The van der Waals surface area contributed by atoms with Gasteiger partial charge in [-0.05, 0) is 60.7 Å². The number of nitrogens with one attached hydrogen (secondary N) is 1. The summed E-state index contributed by atoms with van der Waals surface area (Å²) in [6.07, 6.45) is -0.713. The molecule has 0 radical (unpaired) electrons. The number of nitrogens with zero attached hydrogens (tertiary/aromatic N) is 1. The molecule has 2 aromatic carbocycles. The Hall–Kier alpha value is -1.92. The fourth-order valence-electron chi connectivity index (χ4n) is 2.39. The fourth-order valence-corrected chi connectivity index (χ4v) is 2.83. The van der Waals surface area contributed by atoms with Crippen molar-refractivity contribution in [3.63, 3.8) is 0 Å². The number of carbonyl (C=O) groups is 1. The van der Waals surface area contributed by atoms with Crippen molar-refractivity contribution in [2.24, 2.45) is 0 Å². The summed E-state index contributed by atoms with van der Waals surface area (Å²) in [7, 11) is 3.91. The quantitative estimate of drug-likeness (QED) is 0.757. The summed E-state index contributed by atoms with van der Waals surface area (Å²) >= 11 is 3.24. The van der Waals surface area contributed by atoms with Crippen LogP contribution in [0.2, 0.25) is 0 Å². The maximum absolute atomic E-state index is 13.2. The highest BCUT2D eigenvalue weighted by Crippen LogP contribution is 2.26. The van der Waals surface area contributed by atoms with Crippen LogP contribution < -0.4 is 10.1 Å². The molecule has 0 spiro atoms. The van der Waals surface area contributed by atoms with Crippen LogP contribution in [-0.2, 0) is 4.79 Å². The van der Waals surface area contributed by atoms with Crippen molar-refractivity contribution < 1.29 is 13.9 Å². The molecule has 2 unspecified atom stereocenters. The average molecular weight is 409 g/mol. The molecule has 1 N–H and O–H groups in total. The van der Waals surface area contributed by atoms with Gasteiger partial charge in [0.1, 0.15) is 11.6 Å². The molecular weight excluding hydrogens is 387 g/mol. The van der Waals surface area contributed by atoms with Gasteiger partial charge in [0, 0.05) is 6.54 Å². The summed E-state index contributed by atoms with van der Waals surface area (Å²) in [5.41, 5.74) is 1.03. The van der Waals surface area contributed by atoms with Gasteiger partial charge in [0.2, 0.25) is 0 Å². The Morgan fingerprint density at radius 2 is 1.92 bits per heavy atom. The van der Waals surface area contributed by atoms with Gasteiger partial charge >= 0.3 is 0 Å². The number of amides is 1. The first-order chi connectivity index (χ1) is 11.9. The molecule has 1 amide bonds. The van der Waals surface area contributed by atoms with Crippen LogP contribution in [0.15, 0.2) is 53.0 Å². The van der Waals surface area contributed by atoms with Gasteiger partial charge in [0.25, 0.3) is 5.91 Å². The highest BCUT2D eigenvalue weighted by molar-refractivity contribution is 9.10. The highest BCUT2D eigenvalue weighted by Gasteiger charge is 2.21. The van der Waals surface area contributed by atoms with Crippen LogP contribution in [0.1, 0.15) is 18.5 Å². The van der Waals surface area contributed by atoms with Crippen LogP contribution in [0, 0.1) is 5.82 Å². The standard InChI is InChI=1S/C19H22BrFN2O2/c1-13(25-18-10-9-15(21)11-16(18)20)19(24)22-17(12-23(2)3)14-7-5-4-6-8-14/h4-11,13,17H,12H2,1-3H3,(H,22,24). The molecule has 0 saturated carbocycles. The Balaban J connectivity index is 2.06. The molecule has 0 aromatic heterocycles. The molecule has 2 rings (SSSR count). The molecule has 2 atom stereocenters. The summed E-state index contributed by atoms with van der Waals surface area (Å²) < 4.78 is 19.3. The third-order valence-corrected chi connectivity index (χ3v) is 4.25. The van der Waals surface area contributed by atoms with Crippen molar-refractivity contribution in [2.45, 2.75) is 19.1 Å². The second-order valence-corrected chi connectivity index (χ2v) is 6.92. The van der Waals surface area contributed by atoms with Crippen molar-refractivity contribution in [1.29, 1.82) is 0 Å². The lowest BCUT2D eigenvalue weighted by molar-refractivity contribution is -0.128. The lowest BCUT2D eigenvalue weighted by Crippen LogP contribution is -2.41. The Kier molecular flexibility index (Phi) is 6.96. The second-order valence-electron chi connectivity index (χ2n) is 6.07. The van der Waals surface area contributed by atoms with Gasteiger partial charge < -0.3 is 15.0 Å². The van der Waals surface area contributed by atoms with Gasteiger partial charge in [-0.25, -0.2) is 4.39 Å². The van der Waals surface area contributed by atoms with Gasteiger partial charge in [0.05, 0.1) is 10.5 Å². The number of halogens is 2. The van der Waals surface area contributed by atoms with Crippen LogP contribution in [0.5, 0.6) is 5.75 Å². The molecule has 0 bridgehead atoms. The molecule has 0 saturated heterocycles. The number of ether oxygens (including phenoxy) is 1. The maximum atomic E-state index is 13.2. The van der Waals surface area contributed by atoms with E-state index in [4.69, 9.17) is 4.74 Å². The first-order valence-corrected chi connectivity index (χ1v) is 8.78. The smallest absolute Gasteiger partial charge is 0.261 e. The van der Waals surface area contributed by atoms with Crippen molar-refractivity contribution >= 4 is 21.8 Å². The monoisotopic (exact) mass is 408 g/mol. The molecule has 4 nitrogen and oxygen atoms in total. The van der Waals surface area contributed by atoms with Gasteiger partial charge in [-0.1, -0.05) is 30.3 Å². The van der Waals surface area contributed by atoms with E-state index in [9.17, 15) is 9.18 Å². The third kappa shape index (κ3) is 5.83. The summed E-state index contributed by atoms with van der Waals surface area (Å²) in [6, 6.07) is 13.7. The van der Waals surface area contributed by atoms with E-state index in [1.807, 2.05) is 49.3 Å². The Morgan fingerprint density at radius 1 is 1.24 bits per heavy atom. The van der Waals surface area contributed by atoms with Crippen molar-refractivity contribution in [1.82, 2.24) is 10.2 Å². The second kappa shape index (κ2) is 8.97. The zero-order valence-electron chi connectivity index (χ0n) is 14.5. The number of rotatable bonds is 7. The van der Waals surface area contributed by atoms with E-state index in [0.717, 1.165) is 5.56 Å². The Morgan fingerprint density at radius 3 is 2.52 bits per heavy atom. The predicted molar refractivity (Wildman–Crippen MR) is 100 cm³/mol. The summed E-state index contributed by atoms with van der Waals surface area (Å²) in [5, 5.41) is 3.02. The molecule has 0 aliphatic carbocycles. The van der Waals surface area contributed by atoms with E-state index in [0.29, 0.717) is 16.8 Å². The first kappa shape index (κ1) is 19.4. The van der Waals surface area contributed by atoms with Gasteiger partial charge in [0.15, 0.2) is 6.10 Å². The van der Waals surface area contributed by atoms with Crippen LogP contribution in [0.25, 0.3) is 0 Å². The molecule has 0 heterocycles. The predicted octanol–water partition coefficient (Wildman–Crippen LogP) is 3.77. The molecule has 6 heteroatoms. The minimum Gasteiger partial charge on any atom is -0.480 e. The zero-order chi connectivity index (χ0) is 18.4. The Labute approximate surface area is 156 Å². The summed E-state index contributed by atoms with van der Waals surface area (Å²) in [5.74, 6) is -0.175. The molecule has 134 valence electrons. The third-order valence-electron chi connectivity index (χ3n) is 3.63. The lowest BCUT2D eigenvalue weighted by atomic mass is 10.1. The summed E-state index contributed by atoms with van der Waals surface area (Å²) in [4.78, 5) is 14.6. The first-order valence-electron chi connectivity index (χ1n) is 7.98. The lowest BCUT2D eigenvalue weighted by Gasteiger charge is -2.25. The van der Waals surface area contributed by atoms with Crippen molar-refractivity contribution in [3.05, 3.63) is 64.4 Å². The van der Waals surface area contributed by atoms with E-state index in [-0.39, 0.29) is 17.8 Å². The topological polar surface area (TPSA) is 41.6 Å². The molecule has 2 aromatic rings. The highest BCUT2D eigenvalue weighted by atomic mass is 79.9. The number of hydrogen-bond donors (Lipinski definition) is 1. The number of likely N-dealkylation sites (N-methyl/N-ethyl adjacent to an activating group) is 1. The normalized spacial score (nSPS) is 13.4. The largest absolute Gasteiger partial charge is 0.480 e. The van der Waals surface area contributed by atoms with Gasteiger partial charge in [-0.3, -0.25) is 4.79 Å². The van der Waals surface area contributed by atoms with Crippen molar-refractivity contribution in [2.75, 3.05) is 20.6 Å². The molecule has 0 aliphatic heterocycles. The molecule has 0 fully saturated rings. The number of hydrogen-bond acceptors (Lipinski definition) is 3. The number of carbonyl (C=O) groups excluding carboxylic acids is 1. The Bertz CT molecular complexity index is 710. The van der Waals surface area contributed by atoms with Gasteiger partial charge in [-0.15, -0.1) is 0 Å². The maximum Gasteiger partial charge on any atom is 0.261 e. The van der Waals surface area contributed by atoms with E-state index >= 15 is 0 Å². The van der Waals surface area contributed by atoms with Crippen LogP contribution in [0.3, 0.4) is 0 Å². The van der Waals surface area contributed by atoms with E-state index < -0.39 is 6.10 Å². The SMILES string of the molecule is CC(Oc1ccc(F)cc1Br)C(=O)NC(CN(C)C)c1ccccc1. The minimum atomic E-state index is -0.713. The molecular formula is C19H22BrFN2O2. The van der Waals surface area contributed by atoms with Crippen molar-refractivity contribution in [3.8, 4) is 5.75 Å². The van der Waals surface area contributed by atoms with Crippen LogP contribution >= 0.6 is 15.9 Å². The van der Waals surface area contributed by atoms with E-state index in [1.54, 1.807) is 6.92 Å². The molecule has 0 aliphatic rings. The zero-order valence-corrected chi connectivity index (χ0v) is 16.1. The number of benzene rings is 2. The van der Waals surface area contributed by atoms with Crippen LogP contribution in [-0.4, -0.2) is 37.6 Å². The molecule has 25 heavy (non-hydrogen) atoms. The average Bonchev–Trinajstić information content (AvgIpc) is 2.57. The van der Waals surface area contributed by atoms with E-state index in [2.05, 4.69) is 21.2 Å². The van der Waals surface area contributed by atoms with Crippen LogP contribution in [0.4, 0.5) is 4.39 Å². The minimum absolute atomic E-state index is 0.147. The van der Waals surface area contributed by atoms with Gasteiger partial charge in [-0.2, -0.15) is 0 Å². The fraction of sp³-hybridized carbons (Fsp3) is 0.316. The summed E-state index contributed by atoms with van der Waals surface area (Å²) in [6.45, 7) is 2.34. The van der Waals surface area contributed by atoms with E-state index in [1.165, 1.54) is 18.2 Å².